The molecule has 0 spiro atoms. The van der Waals surface area contributed by atoms with Crippen LogP contribution in [-0.4, -0.2) is 27.7 Å². The van der Waals surface area contributed by atoms with Crippen LogP contribution < -0.4 is 10.1 Å². The molecule has 0 radical (unpaired) electrons. The molecule has 6 nitrogen and oxygen atoms in total. The SMILES string of the molecule is CC=C(C)c1c(N=CCC)ncnc1NCCc1ccc(Oc2c(C)ccnc2Cl)cc1. The van der Waals surface area contributed by atoms with Crippen LogP contribution in [0.25, 0.3) is 5.57 Å². The molecule has 0 aliphatic heterocycles. The van der Waals surface area contributed by atoms with Gasteiger partial charge in [0.15, 0.2) is 16.7 Å². The fraction of sp³-hybridized carbons (Fsp3) is 0.280. The van der Waals surface area contributed by atoms with Gasteiger partial charge in [0, 0.05) is 19.0 Å². The summed E-state index contributed by atoms with van der Waals surface area (Å²) >= 11 is 6.15. The van der Waals surface area contributed by atoms with Crippen molar-refractivity contribution in [3.63, 3.8) is 0 Å². The number of nitrogens with one attached hydrogen (secondary N) is 1. The average Bonchev–Trinajstić information content (AvgIpc) is 2.80. The molecule has 0 aliphatic carbocycles. The molecule has 0 saturated heterocycles. The third kappa shape index (κ3) is 5.92. The van der Waals surface area contributed by atoms with E-state index in [0.29, 0.717) is 16.7 Å². The van der Waals surface area contributed by atoms with Gasteiger partial charge >= 0.3 is 0 Å². The fourth-order valence-electron chi connectivity index (χ4n) is 3.09. The zero-order chi connectivity index (χ0) is 22.9. The van der Waals surface area contributed by atoms with E-state index in [1.54, 1.807) is 12.5 Å². The molecule has 1 aromatic carbocycles. The lowest BCUT2D eigenvalue weighted by molar-refractivity contribution is 0.476. The maximum Gasteiger partial charge on any atom is 0.171 e. The van der Waals surface area contributed by atoms with Crippen LogP contribution in [0, 0.1) is 6.92 Å². The van der Waals surface area contributed by atoms with Gasteiger partial charge in [0.2, 0.25) is 0 Å². The highest BCUT2D eigenvalue weighted by Crippen LogP contribution is 2.31. The van der Waals surface area contributed by atoms with Crippen molar-refractivity contribution >= 4 is 35.0 Å². The highest BCUT2D eigenvalue weighted by atomic mass is 35.5. The number of hydrogen-bond acceptors (Lipinski definition) is 6. The van der Waals surface area contributed by atoms with Crippen LogP contribution >= 0.6 is 11.6 Å². The Morgan fingerprint density at radius 1 is 1.16 bits per heavy atom. The summed E-state index contributed by atoms with van der Waals surface area (Å²) < 4.78 is 5.92. The molecule has 0 amide bonds. The van der Waals surface area contributed by atoms with Crippen molar-refractivity contribution in [2.24, 2.45) is 4.99 Å². The largest absolute Gasteiger partial charge is 0.454 e. The van der Waals surface area contributed by atoms with Gasteiger partial charge in [0.05, 0.1) is 5.56 Å². The average molecular weight is 450 g/mol. The topological polar surface area (TPSA) is 72.3 Å². The van der Waals surface area contributed by atoms with Crippen molar-refractivity contribution < 1.29 is 4.74 Å². The van der Waals surface area contributed by atoms with E-state index in [2.05, 4.69) is 32.2 Å². The van der Waals surface area contributed by atoms with Gasteiger partial charge in [-0.3, -0.25) is 0 Å². The molecule has 7 heteroatoms. The Labute approximate surface area is 194 Å². The van der Waals surface area contributed by atoms with Gasteiger partial charge in [-0.15, -0.1) is 0 Å². The molecular formula is C25H28ClN5O. The van der Waals surface area contributed by atoms with Gasteiger partial charge in [0.25, 0.3) is 0 Å². The number of pyridine rings is 1. The first-order valence-corrected chi connectivity index (χ1v) is 11.0. The van der Waals surface area contributed by atoms with Gasteiger partial charge in [-0.2, -0.15) is 0 Å². The minimum Gasteiger partial charge on any atom is -0.454 e. The molecule has 0 atom stereocenters. The van der Waals surface area contributed by atoms with E-state index in [1.807, 2.05) is 63.4 Å². The number of ether oxygens (including phenoxy) is 1. The van der Waals surface area contributed by atoms with E-state index in [4.69, 9.17) is 16.3 Å². The van der Waals surface area contributed by atoms with Crippen molar-refractivity contribution in [1.29, 1.82) is 0 Å². The van der Waals surface area contributed by atoms with Crippen molar-refractivity contribution in [3.05, 3.63) is 70.8 Å². The smallest absolute Gasteiger partial charge is 0.171 e. The molecule has 0 unspecified atom stereocenters. The molecule has 0 saturated carbocycles. The van der Waals surface area contributed by atoms with Crippen molar-refractivity contribution in [2.45, 2.75) is 40.5 Å². The Morgan fingerprint density at radius 2 is 1.94 bits per heavy atom. The van der Waals surface area contributed by atoms with Crippen molar-refractivity contribution in [1.82, 2.24) is 15.0 Å². The van der Waals surface area contributed by atoms with Crippen LogP contribution in [0.2, 0.25) is 5.15 Å². The maximum absolute atomic E-state index is 6.15. The monoisotopic (exact) mass is 449 g/mol. The van der Waals surface area contributed by atoms with E-state index in [0.717, 1.165) is 47.7 Å². The fourth-order valence-corrected chi connectivity index (χ4v) is 3.34. The maximum atomic E-state index is 6.15. The number of halogens is 1. The minimum absolute atomic E-state index is 0.359. The number of nitrogens with zero attached hydrogens (tertiary/aromatic N) is 4. The van der Waals surface area contributed by atoms with Crippen LogP contribution in [0.5, 0.6) is 11.5 Å². The molecule has 2 heterocycles. The van der Waals surface area contributed by atoms with Crippen LogP contribution in [-0.2, 0) is 6.42 Å². The number of benzene rings is 1. The van der Waals surface area contributed by atoms with Gasteiger partial charge < -0.3 is 10.1 Å². The molecule has 32 heavy (non-hydrogen) atoms. The lowest BCUT2D eigenvalue weighted by Gasteiger charge is -2.13. The Morgan fingerprint density at radius 3 is 2.62 bits per heavy atom. The number of rotatable bonds is 9. The van der Waals surface area contributed by atoms with Crippen molar-refractivity contribution in [3.8, 4) is 11.5 Å². The first-order valence-electron chi connectivity index (χ1n) is 10.7. The van der Waals surface area contributed by atoms with Crippen molar-refractivity contribution in [2.75, 3.05) is 11.9 Å². The highest BCUT2D eigenvalue weighted by Gasteiger charge is 2.12. The number of allylic oxidation sites excluding steroid dienone is 2. The molecule has 0 fully saturated rings. The predicted octanol–water partition coefficient (Wildman–Crippen LogP) is 6.82. The molecule has 166 valence electrons. The first kappa shape index (κ1) is 23.4. The second-order valence-electron chi connectivity index (χ2n) is 7.28. The van der Waals surface area contributed by atoms with Gasteiger partial charge in [0.1, 0.15) is 17.9 Å². The van der Waals surface area contributed by atoms with Crippen LogP contribution in [0.4, 0.5) is 11.6 Å². The summed E-state index contributed by atoms with van der Waals surface area (Å²) in [6.45, 7) is 8.77. The summed E-state index contributed by atoms with van der Waals surface area (Å²) in [5.74, 6) is 2.78. The standard InChI is InChI=1S/C25H28ClN5O/c1-5-13-28-24-21(17(3)6-2)25(31-16-30-24)29-15-12-19-7-9-20(10-8-19)32-22-18(4)11-14-27-23(22)26/h6-11,13-14,16H,5,12,15H2,1-4H3,(H,29,30,31). The number of aryl methyl sites for hydroxylation is 1. The summed E-state index contributed by atoms with van der Waals surface area (Å²) in [5.41, 5.74) is 4.15. The van der Waals surface area contributed by atoms with Crippen LogP contribution in [0.1, 0.15) is 43.9 Å². The van der Waals surface area contributed by atoms with E-state index in [1.165, 1.54) is 5.56 Å². The second kappa shape index (κ2) is 11.4. The minimum atomic E-state index is 0.359. The molecule has 1 N–H and O–H groups in total. The molecule has 0 aliphatic rings. The number of hydrogen-bond donors (Lipinski definition) is 1. The summed E-state index contributed by atoms with van der Waals surface area (Å²) in [5, 5.41) is 3.80. The zero-order valence-corrected chi connectivity index (χ0v) is 19.6. The Balaban J connectivity index is 1.66. The Kier molecular flexibility index (Phi) is 8.34. The predicted molar refractivity (Wildman–Crippen MR) is 132 cm³/mol. The molecule has 3 aromatic rings. The molecule has 3 rings (SSSR count). The zero-order valence-electron chi connectivity index (χ0n) is 18.9. The summed E-state index contributed by atoms with van der Waals surface area (Å²) in [6.07, 6.45) is 8.81. The molecular weight excluding hydrogens is 422 g/mol. The second-order valence-corrected chi connectivity index (χ2v) is 7.64. The number of aliphatic imine (C=N–C) groups is 1. The summed E-state index contributed by atoms with van der Waals surface area (Å²) in [4.78, 5) is 17.4. The van der Waals surface area contributed by atoms with E-state index < -0.39 is 0 Å². The first-order chi connectivity index (χ1) is 15.5. The lowest BCUT2D eigenvalue weighted by Crippen LogP contribution is -2.09. The Hall–Kier alpha value is -3.25. The quantitative estimate of drug-likeness (QED) is 0.286. The van der Waals surface area contributed by atoms with Crippen LogP contribution in [0.3, 0.4) is 0 Å². The molecule has 2 aromatic heterocycles. The number of aromatic nitrogens is 3. The third-order valence-electron chi connectivity index (χ3n) is 4.96. The van der Waals surface area contributed by atoms with Gasteiger partial charge in [-0.05, 0) is 68.5 Å². The van der Waals surface area contributed by atoms with E-state index in [-0.39, 0.29) is 0 Å². The lowest BCUT2D eigenvalue weighted by atomic mass is 10.1. The molecule has 0 bridgehead atoms. The summed E-state index contributed by atoms with van der Waals surface area (Å²) in [7, 11) is 0. The van der Waals surface area contributed by atoms with E-state index >= 15 is 0 Å². The Bertz CT molecular complexity index is 1090. The number of anilines is 1. The highest BCUT2D eigenvalue weighted by molar-refractivity contribution is 6.30. The van der Waals surface area contributed by atoms with E-state index in [9.17, 15) is 0 Å². The summed E-state index contributed by atoms with van der Waals surface area (Å²) in [6, 6.07) is 9.85. The normalized spacial score (nSPS) is 11.7. The van der Waals surface area contributed by atoms with Crippen LogP contribution in [0.15, 0.2) is 53.9 Å². The van der Waals surface area contributed by atoms with Gasteiger partial charge in [-0.25, -0.2) is 19.9 Å². The van der Waals surface area contributed by atoms with Gasteiger partial charge in [-0.1, -0.05) is 36.7 Å². The third-order valence-corrected chi connectivity index (χ3v) is 5.23.